The van der Waals surface area contributed by atoms with E-state index in [0.717, 1.165) is 16.2 Å². The highest BCUT2D eigenvalue weighted by atomic mass is 32.1. The standard InChI is InChI=1S/C20H26O3S/c1-7-23-19(21)13-15(3)10-8-9-14(2)11-12-18-16(4)20(22-6)24-17(18)5/h8-13H,7H2,1-6H3/b10-8+,12-11?,14-9?,15-13?. The number of aryl methyl sites for hydroxylation is 1. The normalized spacial score (nSPS) is 13.1. The fourth-order valence-electron chi connectivity index (χ4n) is 2.12. The molecule has 130 valence electrons. The van der Waals surface area contributed by atoms with Crippen molar-refractivity contribution in [2.24, 2.45) is 0 Å². The molecule has 0 spiro atoms. The van der Waals surface area contributed by atoms with Gasteiger partial charge in [-0.1, -0.05) is 36.0 Å². The van der Waals surface area contributed by atoms with Crippen molar-refractivity contribution in [3.8, 4) is 5.06 Å². The van der Waals surface area contributed by atoms with Crippen LogP contribution in [0.3, 0.4) is 0 Å². The number of allylic oxidation sites excluding steroid dienone is 6. The molecule has 0 saturated carbocycles. The molecule has 0 amide bonds. The Hall–Kier alpha value is -2.07. The molecule has 0 radical (unpaired) electrons. The van der Waals surface area contributed by atoms with E-state index in [4.69, 9.17) is 9.47 Å². The lowest BCUT2D eigenvalue weighted by Gasteiger charge is -1.97. The molecule has 3 nitrogen and oxygen atoms in total. The second-order valence-corrected chi connectivity index (χ2v) is 6.62. The van der Waals surface area contributed by atoms with Gasteiger partial charge >= 0.3 is 5.97 Å². The first-order valence-electron chi connectivity index (χ1n) is 7.91. The minimum atomic E-state index is -0.308. The van der Waals surface area contributed by atoms with Gasteiger partial charge in [-0.3, -0.25) is 0 Å². The van der Waals surface area contributed by atoms with Gasteiger partial charge in [0.2, 0.25) is 0 Å². The van der Waals surface area contributed by atoms with Crippen LogP contribution in [0.25, 0.3) is 6.08 Å². The van der Waals surface area contributed by atoms with Crippen molar-refractivity contribution in [2.75, 3.05) is 13.7 Å². The second kappa shape index (κ2) is 9.93. The summed E-state index contributed by atoms with van der Waals surface area (Å²) in [5.41, 5.74) is 4.37. The number of carbonyl (C=O) groups is 1. The molecule has 0 aliphatic heterocycles. The van der Waals surface area contributed by atoms with Gasteiger partial charge in [0.15, 0.2) is 5.06 Å². The first-order valence-corrected chi connectivity index (χ1v) is 8.72. The summed E-state index contributed by atoms with van der Waals surface area (Å²) in [6.45, 7) is 10.3. The first-order chi connectivity index (χ1) is 11.4. The Kier molecular flexibility index (Phi) is 8.27. The van der Waals surface area contributed by atoms with Crippen LogP contribution in [0.4, 0.5) is 0 Å². The molecule has 0 aromatic carbocycles. The van der Waals surface area contributed by atoms with Crippen molar-refractivity contribution in [3.63, 3.8) is 0 Å². The molecule has 1 aromatic heterocycles. The molecule has 1 rings (SSSR count). The molecule has 0 atom stereocenters. The molecule has 0 saturated heterocycles. The largest absolute Gasteiger partial charge is 0.487 e. The van der Waals surface area contributed by atoms with Crippen molar-refractivity contribution in [2.45, 2.75) is 34.6 Å². The van der Waals surface area contributed by atoms with E-state index in [9.17, 15) is 4.79 Å². The van der Waals surface area contributed by atoms with Crippen LogP contribution in [0.1, 0.15) is 36.8 Å². The second-order valence-electron chi connectivity index (χ2n) is 5.43. The average Bonchev–Trinajstić information content (AvgIpc) is 2.79. The van der Waals surface area contributed by atoms with Crippen LogP contribution in [-0.4, -0.2) is 19.7 Å². The van der Waals surface area contributed by atoms with E-state index in [1.807, 2.05) is 32.1 Å². The summed E-state index contributed by atoms with van der Waals surface area (Å²) in [6, 6.07) is 0. The number of methoxy groups -OCH3 is 1. The maximum absolute atomic E-state index is 11.3. The fraction of sp³-hybridized carbons (Fsp3) is 0.350. The number of esters is 1. The lowest BCUT2D eigenvalue weighted by atomic mass is 10.1. The Labute approximate surface area is 149 Å². The van der Waals surface area contributed by atoms with Gasteiger partial charge in [-0.15, -0.1) is 11.3 Å². The molecule has 0 fully saturated rings. The fourth-order valence-corrected chi connectivity index (χ4v) is 3.08. The Balaban J connectivity index is 2.76. The molecular weight excluding hydrogens is 320 g/mol. The summed E-state index contributed by atoms with van der Waals surface area (Å²) >= 11 is 1.67. The topological polar surface area (TPSA) is 35.5 Å². The van der Waals surface area contributed by atoms with Crippen LogP contribution in [-0.2, 0) is 9.53 Å². The number of hydrogen-bond acceptors (Lipinski definition) is 4. The summed E-state index contributed by atoms with van der Waals surface area (Å²) < 4.78 is 10.2. The Morgan fingerprint density at radius 3 is 2.46 bits per heavy atom. The zero-order chi connectivity index (χ0) is 18.1. The Bertz CT molecular complexity index is 688. The van der Waals surface area contributed by atoms with Gasteiger partial charge in [-0.2, -0.15) is 0 Å². The van der Waals surface area contributed by atoms with Crippen LogP contribution in [0.2, 0.25) is 0 Å². The zero-order valence-corrected chi connectivity index (χ0v) is 16.1. The summed E-state index contributed by atoms with van der Waals surface area (Å²) in [5, 5.41) is 0.966. The Morgan fingerprint density at radius 1 is 1.17 bits per heavy atom. The molecule has 0 aliphatic rings. The number of carbonyl (C=O) groups excluding carboxylic acids is 1. The lowest BCUT2D eigenvalue weighted by Crippen LogP contribution is -1.99. The number of ether oxygens (including phenoxy) is 2. The van der Waals surface area contributed by atoms with Crippen LogP contribution in [0.5, 0.6) is 5.06 Å². The monoisotopic (exact) mass is 346 g/mol. The van der Waals surface area contributed by atoms with Crippen LogP contribution in [0.15, 0.2) is 41.5 Å². The van der Waals surface area contributed by atoms with E-state index >= 15 is 0 Å². The molecule has 0 unspecified atom stereocenters. The SMILES string of the molecule is CCOC(=O)C=C(C)/C=C/C=C(C)C=Cc1c(C)sc(OC)c1C. The van der Waals surface area contributed by atoms with E-state index in [1.54, 1.807) is 25.4 Å². The Morgan fingerprint density at radius 2 is 1.88 bits per heavy atom. The summed E-state index contributed by atoms with van der Waals surface area (Å²) in [4.78, 5) is 12.6. The molecule has 1 heterocycles. The van der Waals surface area contributed by atoms with Gasteiger partial charge in [-0.05, 0) is 45.8 Å². The third kappa shape index (κ3) is 6.20. The van der Waals surface area contributed by atoms with E-state index in [2.05, 4.69) is 26.0 Å². The summed E-state index contributed by atoms with van der Waals surface area (Å²) in [5.74, 6) is -0.308. The third-order valence-electron chi connectivity index (χ3n) is 3.38. The molecule has 1 aromatic rings. The minimum absolute atomic E-state index is 0.308. The van der Waals surface area contributed by atoms with Crippen molar-refractivity contribution in [1.82, 2.24) is 0 Å². The van der Waals surface area contributed by atoms with Gasteiger partial charge < -0.3 is 9.47 Å². The minimum Gasteiger partial charge on any atom is -0.487 e. The highest BCUT2D eigenvalue weighted by Crippen LogP contribution is 2.34. The third-order valence-corrected chi connectivity index (χ3v) is 4.57. The van der Waals surface area contributed by atoms with Crippen molar-refractivity contribution in [1.29, 1.82) is 0 Å². The van der Waals surface area contributed by atoms with Crippen molar-refractivity contribution >= 4 is 23.4 Å². The number of rotatable bonds is 7. The van der Waals surface area contributed by atoms with E-state index in [1.165, 1.54) is 22.1 Å². The number of hydrogen-bond donors (Lipinski definition) is 0. The molecular formula is C20H26O3S. The van der Waals surface area contributed by atoms with Gasteiger partial charge in [0, 0.05) is 16.5 Å². The highest BCUT2D eigenvalue weighted by Gasteiger charge is 2.09. The quantitative estimate of drug-likeness (QED) is 0.377. The highest BCUT2D eigenvalue weighted by molar-refractivity contribution is 7.14. The molecule has 24 heavy (non-hydrogen) atoms. The predicted octanol–water partition coefficient (Wildman–Crippen LogP) is 5.40. The lowest BCUT2D eigenvalue weighted by molar-refractivity contribution is -0.137. The predicted molar refractivity (Wildman–Crippen MR) is 103 cm³/mol. The van der Waals surface area contributed by atoms with E-state index < -0.39 is 0 Å². The van der Waals surface area contributed by atoms with Gasteiger partial charge in [0.25, 0.3) is 0 Å². The van der Waals surface area contributed by atoms with Gasteiger partial charge in [0.1, 0.15) is 0 Å². The maximum atomic E-state index is 11.3. The molecule has 0 aliphatic carbocycles. The maximum Gasteiger partial charge on any atom is 0.330 e. The number of thiophene rings is 1. The van der Waals surface area contributed by atoms with Crippen LogP contribution in [0, 0.1) is 13.8 Å². The molecule has 0 bridgehead atoms. The first kappa shape index (κ1) is 20.0. The molecule has 0 N–H and O–H groups in total. The zero-order valence-electron chi connectivity index (χ0n) is 15.3. The smallest absolute Gasteiger partial charge is 0.330 e. The van der Waals surface area contributed by atoms with Gasteiger partial charge in [-0.25, -0.2) is 4.79 Å². The van der Waals surface area contributed by atoms with Crippen molar-refractivity contribution in [3.05, 3.63) is 57.5 Å². The average molecular weight is 346 g/mol. The van der Waals surface area contributed by atoms with Crippen LogP contribution >= 0.6 is 11.3 Å². The van der Waals surface area contributed by atoms with Gasteiger partial charge in [0.05, 0.1) is 13.7 Å². The summed E-state index contributed by atoms with van der Waals surface area (Å²) in [7, 11) is 1.70. The van der Waals surface area contributed by atoms with Crippen LogP contribution < -0.4 is 4.74 Å². The van der Waals surface area contributed by atoms with E-state index in [0.29, 0.717) is 6.61 Å². The molecule has 4 heteroatoms. The van der Waals surface area contributed by atoms with Crippen molar-refractivity contribution < 1.29 is 14.3 Å². The van der Waals surface area contributed by atoms with E-state index in [-0.39, 0.29) is 5.97 Å². The summed E-state index contributed by atoms with van der Waals surface area (Å²) in [6.07, 6.45) is 11.5.